The van der Waals surface area contributed by atoms with E-state index >= 15 is 0 Å². The van der Waals surface area contributed by atoms with E-state index in [4.69, 9.17) is 10.5 Å². The monoisotopic (exact) mass is 260 g/mol. The predicted octanol–water partition coefficient (Wildman–Crippen LogP) is -0.540. The highest BCUT2D eigenvalue weighted by molar-refractivity contribution is 7.89. The molecule has 0 amide bonds. The van der Waals surface area contributed by atoms with Crippen LogP contribution < -0.4 is 10.5 Å². The fraction of sp³-hybridized carbons (Fsp3) is 0.667. The minimum atomic E-state index is -3.63. The zero-order chi connectivity index (χ0) is 12.5. The van der Waals surface area contributed by atoms with Gasteiger partial charge in [0.15, 0.2) is 10.8 Å². The Bertz CT molecular complexity index is 471. The first-order valence-electron chi connectivity index (χ1n) is 5.37. The summed E-state index contributed by atoms with van der Waals surface area (Å²) in [4.78, 5) is 3.77. The van der Waals surface area contributed by atoms with E-state index in [1.54, 1.807) is 7.05 Å². The fourth-order valence-electron chi connectivity index (χ4n) is 1.87. The number of nitrogens with two attached hydrogens (primary N) is 1. The van der Waals surface area contributed by atoms with Gasteiger partial charge in [0.25, 0.3) is 10.0 Å². The number of nitrogens with one attached hydrogen (secondary N) is 1. The van der Waals surface area contributed by atoms with Crippen molar-refractivity contribution in [1.82, 2.24) is 14.3 Å². The molecule has 17 heavy (non-hydrogen) atoms. The van der Waals surface area contributed by atoms with Crippen LogP contribution in [0.1, 0.15) is 12.8 Å². The van der Waals surface area contributed by atoms with E-state index in [1.165, 1.54) is 10.9 Å². The summed E-state index contributed by atoms with van der Waals surface area (Å²) < 4.78 is 33.4. The molecule has 7 nitrogen and oxygen atoms in total. The van der Waals surface area contributed by atoms with Gasteiger partial charge in [0, 0.05) is 19.7 Å². The van der Waals surface area contributed by atoms with Crippen LogP contribution in [0.5, 0.6) is 0 Å². The van der Waals surface area contributed by atoms with Gasteiger partial charge in [0.1, 0.15) is 0 Å². The smallest absolute Gasteiger partial charge is 0.260 e. The van der Waals surface area contributed by atoms with Crippen molar-refractivity contribution < 1.29 is 13.2 Å². The molecule has 8 heteroatoms. The standard InChI is InChI=1S/C9H16N4O3S/c1-13-6-11-8(10)9(13)17(14,15)12-7-3-2-4-16-5-7/h6-7,12H,2-5,10H2,1H3. The van der Waals surface area contributed by atoms with E-state index in [-0.39, 0.29) is 16.9 Å². The van der Waals surface area contributed by atoms with Crippen LogP contribution in [0, 0.1) is 0 Å². The molecule has 0 radical (unpaired) electrons. The minimum Gasteiger partial charge on any atom is -0.381 e. The molecule has 0 aliphatic carbocycles. The van der Waals surface area contributed by atoms with Gasteiger partial charge in [-0.25, -0.2) is 18.1 Å². The molecular formula is C9H16N4O3S. The van der Waals surface area contributed by atoms with Gasteiger partial charge in [-0.05, 0) is 12.8 Å². The summed E-state index contributed by atoms with van der Waals surface area (Å²) in [6.07, 6.45) is 3.01. The Kier molecular flexibility index (Phi) is 3.36. The molecule has 1 saturated heterocycles. The lowest BCUT2D eigenvalue weighted by atomic mass is 10.1. The van der Waals surface area contributed by atoms with Crippen molar-refractivity contribution in [2.24, 2.45) is 7.05 Å². The van der Waals surface area contributed by atoms with Crippen LogP contribution in [0.15, 0.2) is 11.4 Å². The summed E-state index contributed by atoms with van der Waals surface area (Å²) >= 11 is 0. The van der Waals surface area contributed by atoms with Gasteiger partial charge < -0.3 is 15.0 Å². The minimum absolute atomic E-state index is 0.00285. The van der Waals surface area contributed by atoms with Crippen LogP contribution in [0.4, 0.5) is 5.82 Å². The lowest BCUT2D eigenvalue weighted by Crippen LogP contribution is -2.41. The van der Waals surface area contributed by atoms with E-state index in [0.717, 1.165) is 12.8 Å². The largest absolute Gasteiger partial charge is 0.381 e. The Balaban J connectivity index is 2.19. The maximum atomic E-state index is 12.1. The second-order valence-corrected chi connectivity index (χ2v) is 5.71. The summed E-state index contributed by atoms with van der Waals surface area (Å²) in [6.45, 7) is 1.09. The number of nitrogen functional groups attached to an aromatic ring is 1. The summed E-state index contributed by atoms with van der Waals surface area (Å²) in [5, 5.41) is 0.00285. The number of hydrogen-bond donors (Lipinski definition) is 2. The number of nitrogens with zero attached hydrogens (tertiary/aromatic N) is 2. The van der Waals surface area contributed by atoms with E-state index < -0.39 is 10.0 Å². The third-order valence-electron chi connectivity index (χ3n) is 2.65. The number of ether oxygens (including phenoxy) is 1. The third kappa shape index (κ3) is 2.59. The van der Waals surface area contributed by atoms with Gasteiger partial charge >= 0.3 is 0 Å². The van der Waals surface area contributed by atoms with Gasteiger partial charge in [0.2, 0.25) is 0 Å². The number of hydrogen-bond acceptors (Lipinski definition) is 5. The van der Waals surface area contributed by atoms with Crippen LogP contribution in [-0.4, -0.2) is 37.2 Å². The lowest BCUT2D eigenvalue weighted by molar-refractivity contribution is 0.0774. The maximum Gasteiger partial charge on any atom is 0.260 e. The zero-order valence-electron chi connectivity index (χ0n) is 9.59. The van der Waals surface area contributed by atoms with E-state index in [9.17, 15) is 8.42 Å². The van der Waals surface area contributed by atoms with Gasteiger partial charge in [-0.2, -0.15) is 0 Å². The molecule has 3 N–H and O–H groups in total. The summed E-state index contributed by atoms with van der Waals surface area (Å²) in [6, 6.07) is -0.192. The van der Waals surface area contributed by atoms with Crippen molar-refractivity contribution in [3.05, 3.63) is 6.33 Å². The molecule has 1 aliphatic heterocycles. The molecule has 96 valence electrons. The molecule has 1 aliphatic rings. The number of aromatic nitrogens is 2. The second-order valence-electron chi connectivity index (χ2n) is 4.08. The normalized spacial score (nSPS) is 21.6. The van der Waals surface area contributed by atoms with Gasteiger partial charge in [-0.3, -0.25) is 0 Å². The zero-order valence-corrected chi connectivity index (χ0v) is 10.4. The molecule has 0 spiro atoms. The van der Waals surface area contributed by atoms with Crippen molar-refractivity contribution in [2.45, 2.75) is 23.9 Å². The predicted molar refractivity (Wildman–Crippen MR) is 61.8 cm³/mol. The lowest BCUT2D eigenvalue weighted by Gasteiger charge is -2.22. The molecule has 1 aromatic rings. The number of anilines is 1. The summed E-state index contributed by atoms with van der Waals surface area (Å²) in [5.41, 5.74) is 5.55. The highest BCUT2D eigenvalue weighted by Crippen LogP contribution is 2.17. The van der Waals surface area contributed by atoms with E-state index in [0.29, 0.717) is 13.2 Å². The molecule has 1 aromatic heterocycles. The average Bonchev–Trinajstić information content (AvgIpc) is 2.59. The molecule has 1 fully saturated rings. The Labute approximate surface area is 100 Å². The molecule has 0 aromatic carbocycles. The van der Waals surface area contributed by atoms with Crippen molar-refractivity contribution in [2.75, 3.05) is 18.9 Å². The quantitative estimate of drug-likeness (QED) is 0.760. The topological polar surface area (TPSA) is 99.2 Å². The van der Waals surface area contributed by atoms with Gasteiger partial charge in [-0.1, -0.05) is 0 Å². The summed E-state index contributed by atoms with van der Waals surface area (Å²) in [7, 11) is -2.04. The van der Waals surface area contributed by atoms with Crippen molar-refractivity contribution in [1.29, 1.82) is 0 Å². The van der Waals surface area contributed by atoms with Crippen molar-refractivity contribution in [3.63, 3.8) is 0 Å². The Morgan fingerprint density at radius 2 is 2.41 bits per heavy atom. The number of imidazole rings is 1. The molecule has 1 atom stereocenters. The molecule has 2 heterocycles. The Morgan fingerprint density at radius 1 is 1.65 bits per heavy atom. The van der Waals surface area contributed by atoms with Gasteiger partial charge in [-0.15, -0.1) is 0 Å². The van der Waals surface area contributed by atoms with Gasteiger partial charge in [0.05, 0.1) is 12.9 Å². The highest BCUT2D eigenvalue weighted by atomic mass is 32.2. The second kappa shape index (κ2) is 4.63. The van der Waals surface area contributed by atoms with Crippen molar-refractivity contribution >= 4 is 15.8 Å². The van der Waals surface area contributed by atoms with Crippen LogP contribution in [0.2, 0.25) is 0 Å². The molecule has 1 unspecified atom stereocenters. The van der Waals surface area contributed by atoms with E-state index in [1.807, 2.05) is 0 Å². The SMILES string of the molecule is Cn1cnc(N)c1S(=O)(=O)NC1CCCOC1. The average molecular weight is 260 g/mol. The van der Waals surface area contributed by atoms with Crippen molar-refractivity contribution in [3.8, 4) is 0 Å². The van der Waals surface area contributed by atoms with Crippen LogP contribution >= 0.6 is 0 Å². The highest BCUT2D eigenvalue weighted by Gasteiger charge is 2.26. The Hall–Kier alpha value is -1.12. The van der Waals surface area contributed by atoms with Crippen LogP contribution in [-0.2, 0) is 21.8 Å². The fourth-order valence-corrected chi connectivity index (χ4v) is 3.36. The summed E-state index contributed by atoms with van der Waals surface area (Å²) in [5.74, 6) is 0.0109. The first-order chi connectivity index (χ1) is 8.00. The first-order valence-corrected chi connectivity index (χ1v) is 6.86. The van der Waals surface area contributed by atoms with Crippen LogP contribution in [0.25, 0.3) is 0 Å². The molecule has 2 rings (SSSR count). The molecular weight excluding hydrogens is 244 g/mol. The Morgan fingerprint density at radius 3 is 2.94 bits per heavy atom. The van der Waals surface area contributed by atoms with E-state index in [2.05, 4.69) is 9.71 Å². The third-order valence-corrected chi connectivity index (χ3v) is 4.30. The van der Waals surface area contributed by atoms with Crippen LogP contribution in [0.3, 0.4) is 0 Å². The maximum absolute atomic E-state index is 12.1. The molecule has 0 bridgehead atoms. The number of rotatable bonds is 3. The number of aryl methyl sites for hydroxylation is 1. The molecule has 0 saturated carbocycles. The number of sulfonamides is 1. The first kappa shape index (κ1) is 12.3.